The smallest absolute Gasteiger partial charge is 0.244 e. The molecule has 0 radical (unpaired) electrons. The van der Waals surface area contributed by atoms with E-state index in [9.17, 15) is 18.0 Å². The van der Waals surface area contributed by atoms with E-state index in [1.807, 2.05) is 25.1 Å². The molecule has 0 spiro atoms. The molecule has 2 amide bonds. The summed E-state index contributed by atoms with van der Waals surface area (Å²) in [5.74, 6) is -0.170. The molecule has 1 atom stereocenters. The van der Waals surface area contributed by atoms with E-state index in [2.05, 4.69) is 15.0 Å². The molecular formula is C24H28N4O5S2. The van der Waals surface area contributed by atoms with Crippen LogP contribution in [-0.4, -0.2) is 44.4 Å². The van der Waals surface area contributed by atoms with Crippen LogP contribution in [-0.2, 0) is 26.0 Å². The monoisotopic (exact) mass is 516 g/mol. The van der Waals surface area contributed by atoms with Crippen LogP contribution in [0.2, 0.25) is 0 Å². The van der Waals surface area contributed by atoms with E-state index in [-0.39, 0.29) is 16.7 Å². The summed E-state index contributed by atoms with van der Waals surface area (Å²) in [5.41, 5.74) is 2.22. The van der Waals surface area contributed by atoms with Gasteiger partial charge >= 0.3 is 0 Å². The lowest BCUT2D eigenvalue weighted by Gasteiger charge is -2.21. The number of carbonyl (C=O) groups is 2. The van der Waals surface area contributed by atoms with Crippen LogP contribution in [0.25, 0.3) is 10.2 Å². The molecule has 9 nitrogen and oxygen atoms in total. The molecule has 0 fully saturated rings. The molecule has 11 heteroatoms. The number of sulfonamides is 1. The first-order valence-electron chi connectivity index (χ1n) is 11.4. The number of carbonyl (C=O) groups excluding carboxylic acids is 2. The van der Waals surface area contributed by atoms with Gasteiger partial charge in [-0.2, -0.15) is 4.72 Å². The number of nitrogens with one attached hydrogen (secondary N) is 2. The molecule has 1 aliphatic rings. The van der Waals surface area contributed by atoms with Crippen molar-refractivity contribution in [1.29, 1.82) is 0 Å². The molecule has 3 aromatic rings. The average molecular weight is 517 g/mol. The Labute approximate surface area is 208 Å². The van der Waals surface area contributed by atoms with Gasteiger partial charge in [0.15, 0.2) is 5.13 Å². The first-order chi connectivity index (χ1) is 16.6. The van der Waals surface area contributed by atoms with Crippen molar-refractivity contribution in [3.05, 3.63) is 42.0 Å². The molecular weight excluding hydrogens is 488 g/mol. The molecule has 1 aliphatic heterocycles. The van der Waals surface area contributed by atoms with Crippen LogP contribution in [0.15, 0.2) is 41.3 Å². The van der Waals surface area contributed by atoms with E-state index >= 15 is 0 Å². The third-order valence-corrected chi connectivity index (χ3v) is 8.14. The fourth-order valence-electron chi connectivity index (χ4n) is 4.00. The third kappa shape index (κ3) is 5.31. The van der Waals surface area contributed by atoms with E-state index in [4.69, 9.17) is 4.74 Å². The number of hydrogen-bond acceptors (Lipinski definition) is 7. The van der Waals surface area contributed by atoms with E-state index in [0.717, 1.165) is 21.7 Å². The largest absolute Gasteiger partial charge is 0.494 e. The van der Waals surface area contributed by atoms with Crippen molar-refractivity contribution >= 4 is 54.2 Å². The second-order valence-corrected chi connectivity index (χ2v) is 11.4. The molecule has 1 unspecified atom stereocenters. The molecule has 186 valence electrons. The van der Waals surface area contributed by atoms with Gasteiger partial charge in [-0.3, -0.25) is 9.59 Å². The summed E-state index contributed by atoms with van der Waals surface area (Å²) < 4.78 is 35.2. The molecule has 35 heavy (non-hydrogen) atoms. The van der Waals surface area contributed by atoms with Crippen molar-refractivity contribution < 1.29 is 22.7 Å². The number of benzene rings is 2. The van der Waals surface area contributed by atoms with Crippen LogP contribution in [0.4, 0.5) is 10.8 Å². The summed E-state index contributed by atoms with van der Waals surface area (Å²) in [5, 5.41) is 3.13. The fourth-order valence-corrected chi connectivity index (χ4v) is 6.29. The number of rotatable bonds is 8. The molecule has 0 saturated carbocycles. The maximum atomic E-state index is 13.2. The highest BCUT2D eigenvalue weighted by Crippen LogP contribution is 2.31. The lowest BCUT2D eigenvalue weighted by molar-refractivity contribution is -0.118. The predicted molar refractivity (Wildman–Crippen MR) is 137 cm³/mol. The van der Waals surface area contributed by atoms with Crippen LogP contribution in [0.3, 0.4) is 0 Å². The Balaban J connectivity index is 1.52. The quantitative estimate of drug-likeness (QED) is 0.473. The van der Waals surface area contributed by atoms with Crippen molar-refractivity contribution in [2.45, 2.75) is 45.1 Å². The van der Waals surface area contributed by atoms with Crippen LogP contribution >= 0.6 is 11.3 Å². The summed E-state index contributed by atoms with van der Waals surface area (Å²) in [6.07, 6.45) is 0.578. The maximum absolute atomic E-state index is 13.2. The minimum atomic E-state index is -3.99. The maximum Gasteiger partial charge on any atom is 0.244 e. The van der Waals surface area contributed by atoms with Gasteiger partial charge in [-0.1, -0.05) is 25.2 Å². The highest BCUT2D eigenvalue weighted by molar-refractivity contribution is 7.89. The van der Waals surface area contributed by atoms with Crippen LogP contribution < -0.4 is 19.7 Å². The van der Waals surface area contributed by atoms with Gasteiger partial charge in [0.25, 0.3) is 0 Å². The molecule has 4 rings (SSSR count). The van der Waals surface area contributed by atoms with E-state index in [1.165, 1.54) is 24.3 Å². The first-order valence-corrected chi connectivity index (χ1v) is 13.7. The number of fused-ring (bicyclic) bond motifs is 2. The number of aromatic nitrogens is 1. The van der Waals surface area contributed by atoms with Gasteiger partial charge in [0.2, 0.25) is 21.8 Å². The summed E-state index contributed by atoms with van der Waals surface area (Å²) in [6, 6.07) is 9.15. The summed E-state index contributed by atoms with van der Waals surface area (Å²) in [4.78, 5) is 31.0. The average Bonchev–Trinajstić information content (AvgIpc) is 3.40. The van der Waals surface area contributed by atoms with E-state index in [0.29, 0.717) is 30.2 Å². The minimum Gasteiger partial charge on any atom is -0.494 e. The van der Waals surface area contributed by atoms with E-state index in [1.54, 1.807) is 30.9 Å². The molecule has 0 saturated heterocycles. The lowest BCUT2D eigenvalue weighted by atomic mass is 10.1. The topological polar surface area (TPSA) is 118 Å². The Morgan fingerprint density at radius 1 is 1.20 bits per heavy atom. The van der Waals surface area contributed by atoms with Gasteiger partial charge < -0.3 is 15.0 Å². The van der Waals surface area contributed by atoms with Crippen molar-refractivity contribution in [3.63, 3.8) is 0 Å². The zero-order chi connectivity index (χ0) is 25.3. The zero-order valence-electron chi connectivity index (χ0n) is 20.0. The van der Waals surface area contributed by atoms with Crippen LogP contribution in [0, 0.1) is 5.92 Å². The summed E-state index contributed by atoms with van der Waals surface area (Å²) in [7, 11) is -3.99. The van der Waals surface area contributed by atoms with Crippen LogP contribution in [0.1, 0.15) is 33.3 Å². The number of thiazole rings is 1. The Kier molecular flexibility index (Phi) is 7.11. The minimum absolute atomic E-state index is 0.0588. The highest BCUT2D eigenvalue weighted by atomic mass is 32.2. The SMILES string of the molecule is CCOc1ccc2nc(NC(=O)C(NS(=O)(=O)c3ccc4c(c3)CCN4C(C)=O)C(C)C)sc2c1. The Morgan fingerprint density at radius 2 is 1.97 bits per heavy atom. The predicted octanol–water partition coefficient (Wildman–Crippen LogP) is 3.55. The second-order valence-electron chi connectivity index (χ2n) is 8.62. The van der Waals surface area contributed by atoms with Crippen molar-refractivity contribution in [1.82, 2.24) is 9.71 Å². The summed E-state index contributed by atoms with van der Waals surface area (Å²) in [6.45, 7) is 7.99. The van der Waals surface area contributed by atoms with Gasteiger partial charge in [0.05, 0.1) is 21.7 Å². The Morgan fingerprint density at radius 3 is 2.66 bits per heavy atom. The van der Waals surface area contributed by atoms with Gasteiger partial charge in [0.1, 0.15) is 11.8 Å². The number of hydrogen-bond donors (Lipinski definition) is 2. The highest BCUT2D eigenvalue weighted by Gasteiger charge is 2.30. The fraction of sp³-hybridized carbons (Fsp3) is 0.375. The lowest BCUT2D eigenvalue weighted by Crippen LogP contribution is -2.47. The molecule has 0 bridgehead atoms. The molecule has 2 aromatic carbocycles. The Bertz CT molecular complexity index is 1380. The van der Waals surface area contributed by atoms with E-state index < -0.39 is 22.0 Å². The van der Waals surface area contributed by atoms with Crippen molar-refractivity contribution in [3.8, 4) is 5.75 Å². The number of nitrogens with zero attached hydrogens (tertiary/aromatic N) is 2. The zero-order valence-corrected chi connectivity index (χ0v) is 21.6. The van der Waals surface area contributed by atoms with Gasteiger partial charge in [-0.05, 0) is 61.2 Å². The van der Waals surface area contributed by atoms with Crippen molar-refractivity contribution in [2.75, 3.05) is 23.4 Å². The molecule has 2 N–H and O–H groups in total. The van der Waals surface area contributed by atoms with Gasteiger partial charge in [-0.15, -0.1) is 0 Å². The summed E-state index contributed by atoms with van der Waals surface area (Å²) >= 11 is 1.29. The molecule has 2 heterocycles. The van der Waals surface area contributed by atoms with Gasteiger partial charge in [-0.25, -0.2) is 13.4 Å². The second kappa shape index (κ2) is 9.92. The first kappa shape index (κ1) is 25.1. The van der Waals surface area contributed by atoms with Crippen molar-refractivity contribution in [2.24, 2.45) is 5.92 Å². The molecule has 0 aliphatic carbocycles. The third-order valence-electron chi connectivity index (χ3n) is 5.77. The van der Waals surface area contributed by atoms with Crippen LogP contribution in [0.5, 0.6) is 5.75 Å². The normalized spacial score (nSPS) is 14.3. The molecule has 1 aromatic heterocycles. The number of amides is 2. The standard InChI is InChI=1S/C24H28N4O5S2/c1-5-33-17-6-8-19-21(13-17)34-24(25-19)26-23(30)22(14(2)3)27-35(31,32)18-7-9-20-16(12-18)10-11-28(20)15(4)29/h6-9,12-14,22,27H,5,10-11H2,1-4H3,(H,25,26,30). The Hall–Kier alpha value is -3.02. The van der Waals surface area contributed by atoms with Gasteiger partial charge in [0, 0.05) is 19.2 Å². The number of anilines is 2. The number of ether oxygens (including phenoxy) is 1.